The molecule has 3 heterocycles. The van der Waals surface area contributed by atoms with Crippen molar-refractivity contribution in [2.24, 2.45) is 7.05 Å². The van der Waals surface area contributed by atoms with Gasteiger partial charge >= 0.3 is 6.03 Å². The summed E-state index contributed by atoms with van der Waals surface area (Å²) in [7, 11) is 3.63. The lowest BCUT2D eigenvalue weighted by Crippen LogP contribution is -2.31. The summed E-state index contributed by atoms with van der Waals surface area (Å²) in [5.41, 5.74) is 2.94. The molecule has 9 heteroatoms. The second-order valence-corrected chi connectivity index (χ2v) is 8.14. The van der Waals surface area contributed by atoms with Crippen molar-refractivity contribution in [1.82, 2.24) is 19.4 Å². The fraction of sp³-hybridized carbons (Fsp3) is 0.348. The number of likely N-dealkylation sites (tertiary alicyclic amines) is 1. The van der Waals surface area contributed by atoms with Crippen LogP contribution in [0.3, 0.4) is 0 Å². The summed E-state index contributed by atoms with van der Waals surface area (Å²) < 4.78 is 12.6. The molecule has 0 radical (unpaired) electrons. The maximum absolute atomic E-state index is 12.7. The molecule has 0 saturated carbocycles. The number of rotatable bonds is 4. The van der Waals surface area contributed by atoms with E-state index in [1.807, 2.05) is 34.7 Å². The second-order valence-electron chi connectivity index (χ2n) is 8.14. The Labute approximate surface area is 185 Å². The van der Waals surface area contributed by atoms with Crippen LogP contribution in [0.5, 0.6) is 11.5 Å². The summed E-state index contributed by atoms with van der Waals surface area (Å²) in [4.78, 5) is 33.5. The molecule has 3 amide bonds. The number of imidazole rings is 1. The molecule has 1 saturated heterocycles. The zero-order valence-electron chi connectivity index (χ0n) is 18.1. The third kappa shape index (κ3) is 3.70. The molecule has 3 aromatic rings. The fourth-order valence-electron chi connectivity index (χ4n) is 4.10. The molecule has 5 rings (SSSR count). The van der Waals surface area contributed by atoms with Crippen molar-refractivity contribution < 1.29 is 19.1 Å². The molecule has 0 atom stereocenters. The van der Waals surface area contributed by atoms with Gasteiger partial charge < -0.3 is 29.2 Å². The summed E-state index contributed by atoms with van der Waals surface area (Å²) in [5.74, 6) is 2.06. The minimum absolute atomic E-state index is 0.0526. The second kappa shape index (κ2) is 8.07. The molecule has 32 heavy (non-hydrogen) atoms. The van der Waals surface area contributed by atoms with Crippen molar-refractivity contribution in [3.05, 3.63) is 47.8 Å². The van der Waals surface area contributed by atoms with Crippen LogP contribution >= 0.6 is 0 Å². The van der Waals surface area contributed by atoms with Gasteiger partial charge in [0.05, 0.1) is 17.6 Å². The van der Waals surface area contributed by atoms with Gasteiger partial charge in [-0.15, -0.1) is 0 Å². The molecule has 2 aromatic carbocycles. The molecular weight excluding hydrogens is 410 g/mol. The highest BCUT2D eigenvalue weighted by Crippen LogP contribution is 2.34. The van der Waals surface area contributed by atoms with E-state index in [0.29, 0.717) is 29.3 Å². The molecule has 1 N–H and O–H groups in total. The van der Waals surface area contributed by atoms with E-state index in [-0.39, 0.29) is 18.7 Å². The van der Waals surface area contributed by atoms with Gasteiger partial charge in [0.15, 0.2) is 11.5 Å². The Morgan fingerprint density at radius 3 is 2.69 bits per heavy atom. The van der Waals surface area contributed by atoms with Gasteiger partial charge in [-0.25, -0.2) is 9.78 Å². The van der Waals surface area contributed by atoms with Gasteiger partial charge in [-0.3, -0.25) is 4.79 Å². The van der Waals surface area contributed by atoms with Crippen molar-refractivity contribution in [3.63, 3.8) is 0 Å². The number of nitrogens with zero attached hydrogens (tertiary/aromatic N) is 4. The highest BCUT2D eigenvalue weighted by Gasteiger charge is 2.21. The van der Waals surface area contributed by atoms with Crippen LogP contribution in [-0.2, 0) is 13.6 Å². The lowest BCUT2D eigenvalue weighted by molar-refractivity contribution is 0.0793. The number of fused-ring (bicyclic) bond motifs is 2. The Morgan fingerprint density at radius 1 is 1.09 bits per heavy atom. The van der Waals surface area contributed by atoms with Gasteiger partial charge in [-0.2, -0.15) is 0 Å². The first kappa shape index (κ1) is 20.2. The van der Waals surface area contributed by atoms with Crippen LogP contribution in [-0.4, -0.2) is 58.2 Å². The van der Waals surface area contributed by atoms with Crippen LogP contribution in [0.2, 0.25) is 0 Å². The molecule has 1 fully saturated rings. The summed E-state index contributed by atoms with van der Waals surface area (Å²) in [6.07, 6.45) is 2.12. The van der Waals surface area contributed by atoms with Crippen LogP contribution < -0.4 is 14.8 Å². The average molecular weight is 435 g/mol. The van der Waals surface area contributed by atoms with Crippen molar-refractivity contribution >= 4 is 28.7 Å². The van der Waals surface area contributed by atoms with E-state index >= 15 is 0 Å². The van der Waals surface area contributed by atoms with Gasteiger partial charge in [0.2, 0.25) is 6.79 Å². The molecule has 2 aliphatic heterocycles. The monoisotopic (exact) mass is 435 g/mol. The molecule has 2 aliphatic rings. The number of urea groups is 1. The minimum atomic E-state index is -0.263. The third-order valence-corrected chi connectivity index (χ3v) is 5.96. The smallest absolute Gasteiger partial charge is 0.321 e. The summed E-state index contributed by atoms with van der Waals surface area (Å²) in [6.45, 7) is 2.13. The Balaban J connectivity index is 1.30. The largest absolute Gasteiger partial charge is 0.454 e. The number of ether oxygens (including phenoxy) is 2. The van der Waals surface area contributed by atoms with Gasteiger partial charge in [-0.1, -0.05) is 0 Å². The zero-order valence-corrected chi connectivity index (χ0v) is 18.1. The van der Waals surface area contributed by atoms with Crippen LogP contribution in [0.1, 0.15) is 29.0 Å². The Hall–Kier alpha value is -3.75. The third-order valence-electron chi connectivity index (χ3n) is 5.96. The zero-order chi connectivity index (χ0) is 22.2. The molecule has 1 aromatic heterocycles. The number of benzene rings is 2. The van der Waals surface area contributed by atoms with Gasteiger partial charge in [0, 0.05) is 44.5 Å². The first-order chi connectivity index (χ1) is 15.5. The van der Waals surface area contributed by atoms with Crippen molar-refractivity contribution in [3.8, 4) is 11.5 Å². The Morgan fingerprint density at radius 2 is 1.88 bits per heavy atom. The van der Waals surface area contributed by atoms with Crippen molar-refractivity contribution in [1.29, 1.82) is 0 Å². The number of carbonyl (C=O) groups excluding carboxylic acids is 2. The van der Waals surface area contributed by atoms with E-state index in [0.717, 1.165) is 42.8 Å². The molecule has 166 valence electrons. The number of amides is 3. The number of carbonyl (C=O) groups is 2. The topological polar surface area (TPSA) is 88.9 Å². The van der Waals surface area contributed by atoms with Crippen molar-refractivity contribution in [2.75, 3.05) is 32.2 Å². The number of hydrogen-bond acceptors (Lipinski definition) is 5. The summed E-state index contributed by atoms with van der Waals surface area (Å²) in [5, 5.41) is 2.86. The normalized spacial score (nSPS) is 14.8. The standard InChI is InChI=1S/C23H25N5O4/c1-26(23(30)24-16-6-8-19-20(12-16)32-14-31-19)13-21-25-17-11-15(5-7-18(17)27(21)2)22(29)28-9-3-4-10-28/h5-8,11-12H,3-4,9-10,13-14H2,1-2H3,(H,24,30). The van der Waals surface area contributed by atoms with E-state index in [4.69, 9.17) is 14.5 Å². The van der Waals surface area contributed by atoms with Crippen LogP contribution in [0.4, 0.5) is 10.5 Å². The summed E-state index contributed by atoms with van der Waals surface area (Å²) in [6, 6.07) is 10.6. The Kier molecular flexibility index (Phi) is 5.08. The van der Waals surface area contributed by atoms with E-state index in [2.05, 4.69) is 5.32 Å². The maximum atomic E-state index is 12.7. The SMILES string of the molecule is CN(Cc1nc2cc(C(=O)N3CCCC3)ccc2n1C)C(=O)Nc1ccc2c(c1)OCO2. The first-order valence-electron chi connectivity index (χ1n) is 10.7. The van der Waals surface area contributed by atoms with Crippen LogP contribution in [0.25, 0.3) is 11.0 Å². The molecule has 0 spiro atoms. The lowest BCUT2D eigenvalue weighted by Gasteiger charge is -2.18. The maximum Gasteiger partial charge on any atom is 0.321 e. The van der Waals surface area contributed by atoms with Crippen LogP contribution in [0, 0.1) is 0 Å². The summed E-state index contributed by atoms with van der Waals surface area (Å²) >= 11 is 0. The van der Waals surface area contributed by atoms with E-state index in [9.17, 15) is 9.59 Å². The number of hydrogen-bond donors (Lipinski definition) is 1. The highest BCUT2D eigenvalue weighted by molar-refractivity contribution is 5.97. The quantitative estimate of drug-likeness (QED) is 0.680. The van der Waals surface area contributed by atoms with E-state index in [1.165, 1.54) is 0 Å². The minimum Gasteiger partial charge on any atom is -0.454 e. The highest BCUT2D eigenvalue weighted by atomic mass is 16.7. The lowest BCUT2D eigenvalue weighted by atomic mass is 10.2. The Bertz CT molecular complexity index is 1200. The van der Waals surface area contributed by atoms with E-state index < -0.39 is 0 Å². The number of anilines is 1. The molecule has 9 nitrogen and oxygen atoms in total. The molecule has 0 aliphatic carbocycles. The number of aromatic nitrogens is 2. The van der Waals surface area contributed by atoms with Gasteiger partial charge in [0.25, 0.3) is 5.91 Å². The molecule has 0 bridgehead atoms. The fourth-order valence-corrected chi connectivity index (χ4v) is 4.10. The predicted molar refractivity (Wildman–Crippen MR) is 119 cm³/mol. The number of nitrogens with one attached hydrogen (secondary N) is 1. The average Bonchev–Trinajstić information content (AvgIpc) is 3.54. The predicted octanol–water partition coefficient (Wildman–Crippen LogP) is 3.20. The van der Waals surface area contributed by atoms with E-state index in [1.54, 1.807) is 30.1 Å². The first-order valence-corrected chi connectivity index (χ1v) is 10.7. The van der Waals surface area contributed by atoms with Crippen LogP contribution in [0.15, 0.2) is 36.4 Å². The van der Waals surface area contributed by atoms with Crippen molar-refractivity contribution in [2.45, 2.75) is 19.4 Å². The molecular formula is C23H25N5O4. The van der Waals surface area contributed by atoms with Gasteiger partial charge in [0.1, 0.15) is 5.82 Å². The van der Waals surface area contributed by atoms with Gasteiger partial charge in [-0.05, 0) is 43.2 Å². The number of aryl methyl sites for hydroxylation is 1. The molecule has 0 unspecified atom stereocenters.